The normalized spacial score (nSPS) is 14.0. The Morgan fingerprint density at radius 1 is 1.05 bits per heavy atom. The first-order chi connectivity index (χ1) is 9.75. The molecule has 0 spiro atoms. The van der Waals surface area contributed by atoms with Crippen molar-refractivity contribution >= 4 is 5.97 Å². The topological polar surface area (TPSA) is 77.8 Å². The molecule has 124 valence electrons. The minimum Gasteiger partial charge on any atom is -0.481 e. The van der Waals surface area contributed by atoms with Crippen LogP contribution < -0.4 is 0 Å². The fourth-order valence-electron chi connectivity index (χ4n) is 2.35. The van der Waals surface area contributed by atoms with Crippen LogP contribution in [0.4, 0.5) is 0 Å². The minimum absolute atomic E-state index is 0. The summed E-state index contributed by atoms with van der Waals surface area (Å²) in [6, 6.07) is 7.07. The summed E-state index contributed by atoms with van der Waals surface area (Å²) in [7, 11) is 0. The predicted octanol–water partition coefficient (Wildman–Crippen LogP) is 2.71. The van der Waals surface area contributed by atoms with Gasteiger partial charge in [0.25, 0.3) is 0 Å². The average molecular weight is 478 g/mol. The standard InChI is InChI=1S/C17H26O4.W/c1-16(2,12-19)9-4-10-17(3,15(20)21)14-7-5-13(11-18)6-8-14;/h5-8,18-19H,4,9-12H2,1-3H3,(H,20,21);. The Balaban J connectivity index is 0.00000441. The van der Waals surface area contributed by atoms with Crippen molar-refractivity contribution in [2.75, 3.05) is 6.61 Å². The Labute approximate surface area is 146 Å². The van der Waals surface area contributed by atoms with Crippen LogP contribution in [-0.4, -0.2) is 27.9 Å². The predicted molar refractivity (Wildman–Crippen MR) is 82.1 cm³/mol. The van der Waals surface area contributed by atoms with Gasteiger partial charge in [0.1, 0.15) is 0 Å². The van der Waals surface area contributed by atoms with Crippen LogP contribution in [0.15, 0.2) is 24.3 Å². The van der Waals surface area contributed by atoms with E-state index in [0.29, 0.717) is 6.42 Å². The Bertz CT molecular complexity index is 470. The Morgan fingerprint density at radius 3 is 2.00 bits per heavy atom. The number of hydrogen-bond donors (Lipinski definition) is 3. The molecular formula is C17H26O4W. The van der Waals surface area contributed by atoms with Gasteiger partial charge in [0.15, 0.2) is 0 Å². The van der Waals surface area contributed by atoms with Gasteiger partial charge in [-0.2, -0.15) is 0 Å². The summed E-state index contributed by atoms with van der Waals surface area (Å²) in [5.74, 6) is -0.846. The van der Waals surface area contributed by atoms with Gasteiger partial charge in [-0.3, -0.25) is 4.79 Å². The summed E-state index contributed by atoms with van der Waals surface area (Å²) < 4.78 is 0. The minimum atomic E-state index is -0.945. The number of hydrogen-bond acceptors (Lipinski definition) is 3. The molecule has 0 bridgehead atoms. The number of aliphatic hydroxyl groups is 2. The SMILES string of the molecule is CC(C)(CO)CCCC(C)(C(=O)O)c1ccc(CO)cc1.[W]. The van der Waals surface area contributed by atoms with E-state index in [9.17, 15) is 15.0 Å². The third kappa shape index (κ3) is 5.49. The van der Waals surface area contributed by atoms with Gasteiger partial charge in [-0.25, -0.2) is 0 Å². The van der Waals surface area contributed by atoms with Crippen LogP contribution in [0.2, 0.25) is 0 Å². The molecule has 0 saturated carbocycles. The Morgan fingerprint density at radius 2 is 1.59 bits per heavy atom. The smallest absolute Gasteiger partial charge is 0.313 e. The molecule has 1 unspecified atom stereocenters. The van der Waals surface area contributed by atoms with E-state index in [1.54, 1.807) is 31.2 Å². The van der Waals surface area contributed by atoms with Crippen molar-refractivity contribution in [1.29, 1.82) is 0 Å². The molecule has 4 nitrogen and oxygen atoms in total. The van der Waals surface area contributed by atoms with E-state index >= 15 is 0 Å². The van der Waals surface area contributed by atoms with Crippen molar-refractivity contribution in [3.05, 3.63) is 35.4 Å². The van der Waals surface area contributed by atoms with Crippen molar-refractivity contribution < 1.29 is 41.2 Å². The molecule has 0 aliphatic carbocycles. The number of carboxylic acids is 1. The number of carboxylic acid groups (broad SMARTS) is 1. The van der Waals surface area contributed by atoms with Crippen LogP contribution >= 0.6 is 0 Å². The van der Waals surface area contributed by atoms with Gasteiger partial charge in [0, 0.05) is 27.7 Å². The fraction of sp³-hybridized carbons (Fsp3) is 0.588. The van der Waals surface area contributed by atoms with Crippen LogP contribution in [0.25, 0.3) is 0 Å². The molecule has 0 radical (unpaired) electrons. The van der Waals surface area contributed by atoms with Crippen molar-refractivity contribution in [3.63, 3.8) is 0 Å². The Hall–Kier alpha value is -0.702. The quantitative estimate of drug-likeness (QED) is 0.537. The van der Waals surface area contributed by atoms with E-state index in [-0.39, 0.29) is 39.7 Å². The van der Waals surface area contributed by atoms with Gasteiger partial charge in [-0.15, -0.1) is 0 Å². The van der Waals surface area contributed by atoms with E-state index in [0.717, 1.165) is 24.0 Å². The molecule has 1 atom stereocenters. The van der Waals surface area contributed by atoms with Crippen LogP contribution in [0.1, 0.15) is 51.2 Å². The largest absolute Gasteiger partial charge is 0.481 e. The summed E-state index contributed by atoms with van der Waals surface area (Å²) in [5, 5.41) is 27.9. The number of benzene rings is 1. The maximum absolute atomic E-state index is 11.7. The second kappa shape index (κ2) is 8.81. The molecule has 0 fully saturated rings. The zero-order valence-electron chi connectivity index (χ0n) is 13.5. The molecule has 0 aromatic heterocycles. The first-order valence-corrected chi connectivity index (χ1v) is 7.30. The van der Waals surface area contributed by atoms with Gasteiger partial charge < -0.3 is 15.3 Å². The van der Waals surface area contributed by atoms with Gasteiger partial charge in [-0.1, -0.05) is 44.5 Å². The average Bonchev–Trinajstić information content (AvgIpc) is 2.46. The molecule has 0 amide bonds. The molecule has 22 heavy (non-hydrogen) atoms. The zero-order chi connectivity index (χ0) is 16.1. The number of aliphatic carboxylic acids is 1. The van der Waals surface area contributed by atoms with E-state index in [4.69, 9.17) is 5.11 Å². The number of rotatable bonds is 8. The summed E-state index contributed by atoms with van der Waals surface area (Å²) in [5.41, 5.74) is 0.390. The third-order valence-electron chi connectivity index (χ3n) is 4.20. The van der Waals surface area contributed by atoms with Crippen LogP contribution in [0.3, 0.4) is 0 Å². The van der Waals surface area contributed by atoms with Crippen molar-refractivity contribution in [3.8, 4) is 0 Å². The zero-order valence-corrected chi connectivity index (χ0v) is 16.4. The molecule has 0 heterocycles. The number of aliphatic hydroxyl groups excluding tert-OH is 2. The summed E-state index contributed by atoms with van der Waals surface area (Å²) in [4.78, 5) is 11.7. The van der Waals surface area contributed by atoms with Gasteiger partial charge in [-0.05, 0) is 36.3 Å². The first kappa shape index (κ1) is 21.3. The van der Waals surface area contributed by atoms with Crippen molar-refractivity contribution in [2.24, 2.45) is 5.41 Å². The molecule has 0 aliphatic heterocycles. The van der Waals surface area contributed by atoms with Crippen LogP contribution in [0.5, 0.6) is 0 Å². The van der Waals surface area contributed by atoms with E-state index < -0.39 is 11.4 Å². The fourth-order valence-corrected chi connectivity index (χ4v) is 2.35. The molecule has 0 saturated heterocycles. The maximum Gasteiger partial charge on any atom is 0.313 e. The molecule has 1 aromatic rings. The molecule has 1 aromatic carbocycles. The Kier molecular flexibility index (Phi) is 8.53. The van der Waals surface area contributed by atoms with E-state index in [2.05, 4.69) is 0 Å². The maximum atomic E-state index is 11.7. The van der Waals surface area contributed by atoms with Crippen LogP contribution in [-0.2, 0) is 37.9 Å². The third-order valence-corrected chi connectivity index (χ3v) is 4.20. The van der Waals surface area contributed by atoms with Gasteiger partial charge >= 0.3 is 5.97 Å². The van der Waals surface area contributed by atoms with E-state index in [1.807, 2.05) is 13.8 Å². The molecule has 5 heteroatoms. The second-order valence-electron chi connectivity index (χ2n) is 6.67. The van der Waals surface area contributed by atoms with Crippen molar-refractivity contribution in [2.45, 2.75) is 52.1 Å². The number of carbonyl (C=O) groups is 1. The molecule has 3 N–H and O–H groups in total. The second-order valence-corrected chi connectivity index (χ2v) is 6.67. The summed E-state index contributed by atoms with van der Waals surface area (Å²) >= 11 is 0. The van der Waals surface area contributed by atoms with Gasteiger partial charge in [0.05, 0.1) is 12.0 Å². The van der Waals surface area contributed by atoms with E-state index in [1.165, 1.54) is 0 Å². The molecule has 0 aliphatic rings. The molecular weight excluding hydrogens is 452 g/mol. The van der Waals surface area contributed by atoms with Crippen molar-refractivity contribution in [1.82, 2.24) is 0 Å². The van der Waals surface area contributed by atoms with Gasteiger partial charge in [0.2, 0.25) is 0 Å². The first-order valence-electron chi connectivity index (χ1n) is 7.30. The van der Waals surface area contributed by atoms with Crippen LogP contribution in [0, 0.1) is 5.41 Å². The molecule has 1 rings (SSSR count). The monoisotopic (exact) mass is 478 g/mol. The summed E-state index contributed by atoms with van der Waals surface area (Å²) in [6.45, 7) is 5.73. The summed E-state index contributed by atoms with van der Waals surface area (Å²) in [6.07, 6.45) is 2.03.